The lowest BCUT2D eigenvalue weighted by atomic mass is 10.0. The molecule has 2 rings (SSSR count). The van der Waals surface area contributed by atoms with Crippen LogP contribution < -0.4 is 4.72 Å². The predicted molar refractivity (Wildman–Crippen MR) is 82.8 cm³/mol. The number of nitriles is 1. The predicted octanol–water partition coefficient (Wildman–Crippen LogP) is 0.947. The third-order valence-electron chi connectivity index (χ3n) is 3.86. The SMILES string of the molecule is CC(C)(CNS(=O)(=O)c1ccc(C#N)cc1)N1CCOCC1. The van der Waals surface area contributed by atoms with E-state index in [2.05, 4.69) is 9.62 Å². The summed E-state index contributed by atoms with van der Waals surface area (Å²) in [4.78, 5) is 2.39. The zero-order valence-corrected chi connectivity index (χ0v) is 13.7. The second kappa shape index (κ2) is 6.75. The van der Waals surface area contributed by atoms with Crippen molar-refractivity contribution in [2.24, 2.45) is 0 Å². The zero-order valence-electron chi connectivity index (χ0n) is 12.9. The van der Waals surface area contributed by atoms with Gasteiger partial charge in [-0.05, 0) is 38.1 Å². The van der Waals surface area contributed by atoms with Gasteiger partial charge in [0.25, 0.3) is 0 Å². The number of hydrogen-bond donors (Lipinski definition) is 1. The van der Waals surface area contributed by atoms with Crippen LogP contribution in [0.2, 0.25) is 0 Å². The number of rotatable bonds is 5. The Morgan fingerprint density at radius 1 is 1.27 bits per heavy atom. The first-order valence-corrected chi connectivity index (χ1v) is 8.66. The maximum Gasteiger partial charge on any atom is 0.240 e. The molecule has 0 aliphatic carbocycles. The molecule has 120 valence electrons. The minimum absolute atomic E-state index is 0.171. The summed E-state index contributed by atoms with van der Waals surface area (Å²) in [6, 6.07) is 7.87. The van der Waals surface area contributed by atoms with Crippen molar-refractivity contribution >= 4 is 10.0 Å². The van der Waals surface area contributed by atoms with E-state index in [0.717, 1.165) is 13.1 Å². The molecule has 0 bridgehead atoms. The number of ether oxygens (including phenoxy) is 1. The third kappa shape index (κ3) is 4.05. The molecule has 0 atom stereocenters. The van der Waals surface area contributed by atoms with Gasteiger partial charge in [0, 0.05) is 25.2 Å². The molecule has 1 aromatic carbocycles. The standard InChI is InChI=1S/C15H21N3O3S/c1-15(2,18-7-9-21-10-8-18)12-17-22(19,20)14-5-3-13(11-16)4-6-14/h3-6,17H,7-10,12H2,1-2H3. The fourth-order valence-electron chi connectivity index (χ4n) is 2.34. The van der Waals surface area contributed by atoms with Gasteiger partial charge in [0.05, 0.1) is 29.7 Å². The lowest BCUT2D eigenvalue weighted by molar-refractivity contribution is -0.00803. The Morgan fingerprint density at radius 2 is 1.86 bits per heavy atom. The number of morpholine rings is 1. The van der Waals surface area contributed by atoms with Gasteiger partial charge in [-0.2, -0.15) is 5.26 Å². The Hall–Kier alpha value is -1.46. The molecule has 1 fully saturated rings. The van der Waals surface area contributed by atoms with Crippen LogP contribution in [0.25, 0.3) is 0 Å². The minimum atomic E-state index is -3.57. The molecule has 1 N–H and O–H groups in total. The van der Waals surface area contributed by atoms with Gasteiger partial charge in [-0.15, -0.1) is 0 Å². The van der Waals surface area contributed by atoms with Crippen molar-refractivity contribution in [1.29, 1.82) is 5.26 Å². The van der Waals surface area contributed by atoms with E-state index in [-0.39, 0.29) is 10.4 Å². The Balaban J connectivity index is 2.03. The van der Waals surface area contributed by atoms with Gasteiger partial charge < -0.3 is 4.74 Å². The molecule has 1 heterocycles. The van der Waals surface area contributed by atoms with Crippen molar-refractivity contribution < 1.29 is 13.2 Å². The Kier molecular flexibility index (Phi) is 5.19. The van der Waals surface area contributed by atoms with Crippen LogP contribution in [0.5, 0.6) is 0 Å². The van der Waals surface area contributed by atoms with E-state index >= 15 is 0 Å². The maximum atomic E-state index is 12.3. The number of nitrogens with one attached hydrogen (secondary N) is 1. The highest BCUT2D eigenvalue weighted by Gasteiger charge is 2.29. The highest BCUT2D eigenvalue weighted by Crippen LogP contribution is 2.17. The second-order valence-corrected chi connectivity index (χ2v) is 7.64. The van der Waals surface area contributed by atoms with E-state index in [1.54, 1.807) is 0 Å². The van der Waals surface area contributed by atoms with Crippen LogP contribution in [-0.2, 0) is 14.8 Å². The number of sulfonamides is 1. The largest absolute Gasteiger partial charge is 0.379 e. The maximum absolute atomic E-state index is 12.3. The lowest BCUT2D eigenvalue weighted by Crippen LogP contribution is -2.55. The summed E-state index contributed by atoms with van der Waals surface area (Å²) in [7, 11) is -3.57. The van der Waals surface area contributed by atoms with Crippen molar-refractivity contribution in [3.63, 3.8) is 0 Å². The quantitative estimate of drug-likeness (QED) is 0.872. The highest BCUT2D eigenvalue weighted by molar-refractivity contribution is 7.89. The Labute approximate surface area is 131 Å². The van der Waals surface area contributed by atoms with E-state index in [9.17, 15) is 8.42 Å². The minimum Gasteiger partial charge on any atom is -0.379 e. The molecule has 7 heteroatoms. The summed E-state index contributed by atoms with van der Waals surface area (Å²) in [5, 5.41) is 8.75. The average molecular weight is 323 g/mol. The normalized spacial score (nSPS) is 17.1. The van der Waals surface area contributed by atoms with E-state index in [4.69, 9.17) is 10.00 Å². The van der Waals surface area contributed by atoms with Gasteiger partial charge in [-0.1, -0.05) is 0 Å². The number of nitrogens with zero attached hydrogens (tertiary/aromatic N) is 2. The molecule has 0 aromatic heterocycles. The fraction of sp³-hybridized carbons (Fsp3) is 0.533. The smallest absolute Gasteiger partial charge is 0.240 e. The first kappa shape index (κ1) is 16.9. The number of hydrogen-bond acceptors (Lipinski definition) is 5. The summed E-state index contributed by atoms with van der Waals surface area (Å²) in [5.41, 5.74) is 0.149. The van der Waals surface area contributed by atoms with Crippen LogP contribution in [0.4, 0.5) is 0 Å². The van der Waals surface area contributed by atoms with Gasteiger partial charge in [0.1, 0.15) is 0 Å². The van der Waals surface area contributed by atoms with Crippen LogP contribution in [0.1, 0.15) is 19.4 Å². The van der Waals surface area contributed by atoms with E-state index in [1.165, 1.54) is 24.3 Å². The topological polar surface area (TPSA) is 82.4 Å². The van der Waals surface area contributed by atoms with E-state index in [1.807, 2.05) is 19.9 Å². The molecular formula is C15H21N3O3S. The van der Waals surface area contributed by atoms with Gasteiger partial charge in [-0.3, -0.25) is 4.90 Å². The zero-order chi connectivity index (χ0) is 16.2. The van der Waals surface area contributed by atoms with Gasteiger partial charge in [0.15, 0.2) is 0 Å². The van der Waals surface area contributed by atoms with Crippen molar-refractivity contribution in [3.8, 4) is 6.07 Å². The molecule has 1 saturated heterocycles. The molecule has 0 amide bonds. The van der Waals surface area contributed by atoms with Crippen LogP contribution in [0.3, 0.4) is 0 Å². The van der Waals surface area contributed by atoms with Crippen molar-refractivity contribution in [3.05, 3.63) is 29.8 Å². The monoisotopic (exact) mass is 323 g/mol. The van der Waals surface area contributed by atoms with Crippen LogP contribution in [-0.4, -0.2) is 51.7 Å². The molecule has 1 aliphatic rings. The Bertz CT molecular complexity index is 642. The van der Waals surface area contributed by atoms with Crippen LogP contribution in [0.15, 0.2) is 29.2 Å². The second-order valence-electron chi connectivity index (χ2n) is 5.87. The molecule has 6 nitrogen and oxygen atoms in total. The van der Waals surface area contributed by atoms with E-state index < -0.39 is 10.0 Å². The summed E-state index contributed by atoms with van der Waals surface area (Å²) in [5.74, 6) is 0. The molecule has 22 heavy (non-hydrogen) atoms. The van der Waals surface area contributed by atoms with Crippen LogP contribution in [0, 0.1) is 11.3 Å². The highest BCUT2D eigenvalue weighted by atomic mass is 32.2. The van der Waals surface area contributed by atoms with Crippen molar-refractivity contribution in [2.45, 2.75) is 24.3 Å². The van der Waals surface area contributed by atoms with E-state index in [0.29, 0.717) is 25.3 Å². The summed E-state index contributed by atoms with van der Waals surface area (Å²) in [6.45, 7) is 7.28. The summed E-state index contributed by atoms with van der Waals surface area (Å²) in [6.07, 6.45) is 0. The molecule has 0 spiro atoms. The first-order chi connectivity index (χ1) is 10.3. The van der Waals surface area contributed by atoms with Gasteiger partial charge in [0.2, 0.25) is 10.0 Å². The first-order valence-electron chi connectivity index (χ1n) is 7.18. The lowest BCUT2D eigenvalue weighted by Gasteiger charge is -2.40. The molecule has 0 radical (unpaired) electrons. The van der Waals surface area contributed by atoms with Crippen LogP contribution >= 0.6 is 0 Å². The summed E-state index contributed by atoms with van der Waals surface area (Å²) >= 11 is 0. The van der Waals surface area contributed by atoms with Crippen molar-refractivity contribution in [1.82, 2.24) is 9.62 Å². The van der Waals surface area contributed by atoms with Gasteiger partial charge in [-0.25, -0.2) is 13.1 Å². The molecule has 0 unspecified atom stereocenters. The average Bonchev–Trinajstić information content (AvgIpc) is 2.54. The van der Waals surface area contributed by atoms with Crippen molar-refractivity contribution in [2.75, 3.05) is 32.8 Å². The molecular weight excluding hydrogens is 302 g/mol. The molecule has 0 saturated carbocycles. The summed E-state index contributed by atoms with van der Waals surface area (Å²) < 4.78 is 32.6. The van der Waals surface area contributed by atoms with Gasteiger partial charge >= 0.3 is 0 Å². The Morgan fingerprint density at radius 3 is 2.41 bits per heavy atom. The molecule has 1 aromatic rings. The third-order valence-corrected chi connectivity index (χ3v) is 5.27. The number of benzene rings is 1. The molecule has 1 aliphatic heterocycles. The fourth-order valence-corrected chi connectivity index (χ4v) is 3.55.